The summed E-state index contributed by atoms with van der Waals surface area (Å²) in [4.78, 5) is 19.3. The number of aliphatic imine (C=N–C) groups is 1. The molecule has 1 aliphatic heterocycles. The lowest BCUT2D eigenvalue weighted by atomic mass is 9.96. The SMILES string of the molecule is O=C(O)c1ccccc1[O-].c1ccc(C2=NC(c3ccccc3)=C(c3ccccc3)C2)cc1.c1ccc([S+](c2ccccc2)c2ccccc2)cc1. The fraction of sp³-hybridized carbons (Fsp3) is 0.0213. The van der Waals surface area contributed by atoms with E-state index in [-0.39, 0.29) is 16.5 Å². The highest BCUT2D eigenvalue weighted by atomic mass is 32.2. The van der Waals surface area contributed by atoms with Crippen molar-refractivity contribution in [2.24, 2.45) is 4.99 Å². The van der Waals surface area contributed by atoms with Crippen LogP contribution in [0.1, 0.15) is 33.5 Å². The van der Waals surface area contributed by atoms with Crippen LogP contribution in [0.25, 0.3) is 11.3 Å². The van der Waals surface area contributed by atoms with E-state index in [0.29, 0.717) is 0 Å². The van der Waals surface area contributed by atoms with Gasteiger partial charge in [-0.05, 0) is 59.2 Å². The van der Waals surface area contributed by atoms with Crippen molar-refractivity contribution in [3.8, 4) is 5.75 Å². The summed E-state index contributed by atoms with van der Waals surface area (Å²) in [6.07, 6.45) is 0.873. The Bertz CT molecular complexity index is 2130. The van der Waals surface area contributed by atoms with E-state index in [1.807, 2.05) is 12.1 Å². The summed E-state index contributed by atoms with van der Waals surface area (Å²) >= 11 is 0. The van der Waals surface area contributed by atoms with Gasteiger partial charge >= 0.3 is 5.97 Å². The molecule has 0 saturated carbocycles. The molecule has 0 amide bonds. The Kier molecular flexibility index (Phi) is 12.2. The lowest BCUT2D eigenvalue weighted by molar-refractivity contribution is -0.268. The summed E-state index contributed by atoms with van der Waals surface area (Å²) in [5, 5.41) is 19.0. The Labute approximate surface area is 308 Å². The van der Waals surface area contributed by atoms with E-state index in [2.05, 4.69) is 170 Å². The number of allylic oxidation sites excluding steroid dienone is 1. The van der Waals surface area contributed by atoms with Gasteiger partial charge < -0.3 is 10.2 Å². The lowest BCUT2D eigenvalue weighted by Crippen LogP contribution is -2.04. The molecule has 52 heavy (non-hydrogen) atoms. The van der Waals surface area contributed by atoms with Crippen LogP contribution in [-0.4, -0.2) is 16.8 Å². The second kappa shape index (κ2) is 18.0. The van der Waals surface area contributed by atoms with Gasteiger partial charge in [0.25, 0.3) is 0 Å². The third-order valence-corrected chi connectivity index (χ3v) is 10.4. The van der Waals surface area contributed by atoms with Crippen molar-refractivity contribution in [2.75, 3.05) is 0 Å². The second-order valence-corrected chi connectivity index (χ2v) is 13.7. The molecule has 0 spiro atoms. The summed E-state index contributed by atoms with van der Waals surface area (Å²) in [5.74, 6) is -1.62. The summed E-state index contributed by atoms with van der Waals surface area (Å²) in [7, 11) is -0.0146. The number of hydrogen-bond donors (Lipinski definition) is 1. The van der Waals surface area contributed by atoms with Crippen molar-refractivity contribution in [1.82, 2.24) is 0 Å². The van der Waals surface area contributed by atoms with E-state index in [1.54, 1.807) is 0 Å². The van der Waals surface area contributed by atoms with Crippen LogP contribution in [0.4, 0.5) is 0 Å². The quantitative estimate of drug-likeness (QED) is 0.169. The molecule has 0 fully saturated rings. The minimum Gasteiger partial charge on any atom is -0.872 e. The number of rotatable bonds is 7. The fourth-order valence-electron chi connectivity index (χ4n) is 5.72. The molecule has 5 heteroatoms. The Morgan fingerprint density at radius 2 is 0.846 bits per heavy atom. The monoisotopic (exact) mass is 695 g/mol. The molecule has 8 rings (SSSR count). The Balaban J connectivity index is 0.000000144. The molecule has 7 aromatic carbocycles. The number of aromatic carboxylic acids is 1. The van der Waals surface area contributed by atoms with E-state index in [4.69, 9.17) is 10.1 Å². The van der Waals surface area contributed by atoms with E-state index in [1.165, 1.54) is 61.2 Å². The van der Waals surface area contributed by atoms with E-state index < -0.39 is 11.7 Å². The Hall–Kier alpha value is -6.43. The molecule has 0 aromatic heterocycles. The van der Waals surface area contributed by atoms with Crippen molar-refractivity contribution in [2.45, 2.75) is 21.1 Å². The van der Waals surface area contributed by atoms with Crippen molar-refractivity contribution in [3.63, 3.8) is 0 Å². The average molecular weight is 696 g/mol. The van der Waals surface area contributed by atoms with Crippen LogP contribution in [0.2, 0.25) is 0 Å². The first-order valence-electron chi connectivity index (χ1n) is 16.9. The van der Waals surface area contributed by atoms with Crippen molar-refractivity contribution in [3.05, 3.63) is 229 Å². The van der Waals surface area contributed by atoms with Gasteiger partial charge in [-0.25, -0.2) is 4.79 Å². The minimum atomic E-state index is -1.18. The van der Waals surface area contributed by atoms with Gasteiger partial charge in [-0.3, -0.25) is 4.99 Å². The third kappa shape index (κ3) is 9.21. The lowest BCUT2D eigenvalue weighted by Gasteiger charge is -2.07. The Morgan fingerprint density at radius 1 is 0.481 bits per heavy atom. The van der Waals surface area contributed by atoms with Gasteiger partial charge in [-0.1, -0.05) is 170 Å². The predicted molar refractivity (Wildman–Crippen MR) is 212 cm³/mol. The van der Waals surface area contributed by atoms with Crippen LogP contribution in [0.5, 0.6) is 5.75 Å². The topological polar surface area (TPSA) is 72.7 Å². The Morgan fingerprint density at radius 3 is 1.25 bits per heavy atom. The van der Waals surface area contributed by atoms with Crippen LogP contribution in [0.3, 0.4) is 0 Å². The summed E-state index contributed by atoms with van der Waals surface area (Å²) in [6.45, 7) is 0. The van der Waals surface area contributed by atoms with Gasteiger partial charge in [0.2, 0.25) is 0 Å². The van der Waals surface area contributed by atoms with Gasteiger partial charge in [0, 0.05) is 12.0 Å². The maximum atomic E-state index is 10.7. The van der Waals surface area contributed by atoms with Crippen LogP contribution >= 0.6 is 0 Å². The van der Waals surface area contributed by atoms with E-state index >= 15 is 0 Å². The predicted octanol–water partition coefficient (Wildman–Crippen LogP) is 10.7. The third-order valence-electron chi connectivity index (χ3n) is 8.21. The van der Waals surface area contributed by atoms with Gasteiger partial charge in [-0.2, -0.15) is 0 Å². The first-order chi connectivity index (χ1) is 25.6. The molecule has 0 radical (unpaired) electrons. The number of benzene rings is 7. The molecule has 1 aliphatic rings. The van der Waals surface area contributed by atoms with Crippen LogP contribution < -0.4 is 5.11 Å². The van der Waals surface area contributed by atoms with E-state index in [0.717, 1.165) is 17.8 Å². The van der Waals surface area contributed by atoms with Gasteiger partial charge in [0.15, 0.2) is 14.7 Å². The zero-order chi connectivity index (χ0) is 36.0. The average Bonchev–Trinajstić information content (AvgIpc) is 3.67. The first kappa shape index (κ1) is 35.4. The van der Waals surface area contributed by atoms with E-state index in [9.17, 15) is 9.90 Å². The smallest absolute Gasteiger partial charge is 0.335 e. The summed E-state index contributed by atoms with van der Waals surface area (Å²) in [6, 6.07) is 69.2. The molecule has 4 nitrogen and oxygen atoms in total. The molecule has 0 aliphatic carbocycles. The molecule has 7 aromatic rings. The molecule has 0 saturated heterocycles. The molecule has 0 bridgehead atoms. The molecule has 0 unspecified atom stereocenters. The second-order valence-electron chi connectivity index (χ2n) is 11.7. The zero-order valence-corrected chi connectivity index (χ0v) is 29.3. The standard InChI is InChI=1S/C22H17N.C18H15S.C7H6O3/c1-4-10-17(11-5-1)20-16-21(18-12-6-2-7-13-18)23-22(20)19-14-8-3-9-15-19;1-4-10-16(11-5-1)19(17-12-6-2-7-13-17)18-14-8-3-9-15-18;8-6-4-2-1-3-5(6)7(9)10/h1-15H,16H2;1-15H;1-4,8H,(H,9,10)/q;+1;/p-1. The largest absolute Gasteiger partial charge is 0.872 e. The number of carboxylic acids is 1. The van der Waals surface area contributed by atoms with Gasteiger partial charge in [0.05, 0.1) is 27.9 Å². The molecular weight excluding hydrogens is 659 g/mol. The number of carbonyl (C=O) groups is 1. The number of carboxylic acid groups (broad SMARTS) is 1. The molecule has 0 atom stereocenters. The summed E-state index contributed by atoms with van der Waals surface area (Å²) in [5.41, 5.74) is 6.99. The van der Waals surface area contributed by atoms with Crippen molar-refractivity contribution >= 4 is 33.8 Å². The van der Waals surface area contributed by atoms with Crippen LogP contribution in [0.15, 0.2) is 226 Å². The summed E-state index contributed by atoms with van der Waals surface area (Å²) < 4.78 is 0. The minimum absolute atomic E-state index is 0.0146. The van der Waals surface area contributed by atoms with Gasteiger partial charge in [-0.15, -0.1) is 0 Å². The van der Waals surface area contributed by atoms with Gasteiger partial charge in [0.1, 0.15) is 0 Å². The molecular formula is C47H37NO3S. The van der Waals surface area contributed by atoms with Crippen LogP contribution in [-0.2, 0) is 10.9 Å². The molecule has 1 heterocycles. The highest BCUT2D eigenvalue weighted by Gasteiger charge is 2.27. The normalized spacial score (nSPS) is 11.8. The first-order valence-corrected chi connectivity index (χ1v) is 18.2. The number of para-hydroxylation sites is 1. The number of hydrogen-bond acceptors (Lipinski definition) is 3. The van der Waals surface area contributed by atoms with Crippen molar-refractivity contribution < 1.29 is 15.0 Å². The maximum absolute atomic E-state index is 10.7. The molecule has 254 valence electrons. The fourth-order valence-corrected chi connectivity index (χ4v) is 7.83. The number of nitrogens with zero attached hydrogens (tertiary/aromatic N) is 1. The maximum Gasteiger partial charge on any atom is 0.335 e. The molecule has 1 N–H and O–H groups in total. The zero-order valence-electron chi connectivity index (χ0n) is 28.5. The van der Waals surface area contributed by atoms with Crippen molar-refractivity contribution in [1.29, 1.82) is 0 Å². The highest BCUT2D eigenvalue weighted by molar-refractivity contribution is 7.97. The highest BCUT2D eigenvalue weighted by Crippen LogP contribution is 2.37. The van der Waals surface area contributed by atoms with Crippen LogP contribution in [0, 0.1) is 0 Å².